The summed E-state index contributed by atoms with van der Waals surface area (Å²) in [5.41, 5.74) is 0. The summed E-state index contributed by atoms with van der Waals surface area (Å²) in [5.74, 6) is 0. The van der Waals surface area contributed by atoms with Crippen molar-refractivity contribution in [3.8, 4) is 0 Å². The van der Waals surface area contributed by atoms with Crippen LogP contribution in [0.25, 0.3) is 0 Å². The van der Waals surface area contributed by atoms with Gasteiger partial charge in [-0.15, -0.1) is 0 Å². The lowest BCUT2D eigenvalue weighted by atomic mass is 10.1. The van der Waals surface area contributed by atoms with Crippen LogP contribution < -0.4 is 0 Å². The summed E-state index contributed by atoms with van der Waals surface area (Å²) >= 11 is 0. The van der Waals surface area contributed by atoms with Crippen molar-refractivity contribution in [2.24, 2.45) is 0 Å². The lowest BCUT2D eigenvalue weighted by molar-refractivity contribution is -0.0618. The van der Waals surface area contributed by atoms with Crippen LogP contribution in [0.2, 0.25) is 0 Å². The van der Waals surface area contributed by atoms with E-state index in [4.69, 9.17) is 14.9 Å². The van der Waals surface area contributed by atoms with Crippen LogP contribution in [0.15, 0.2) is 12.2 Å². The van der Waals surface area contributed by atoms with Crippen molar-refractivity contribution in [1.29, 1.82) is 0 Å². The zero-order valence-electron chi connectivity index (χ0n) is 5.90. The molecular weight excluding hydrogens is 132 g/mol. The first-order valence-corrected chi connectivity index (χ1v) is 3.36. The number of aliphatic hydroxyl groups excluding tert-OH is 2. The van der Waals surface area contributed by atoms with E-state index in [1.807, 2.05) is 0 Å². The van der Waals surface area contributed by atoms with Gasteiger partial charge in [0.05, 0.1) is 24.9 Å². The van der Waals surface area contributed by atoms with E-state index in [9.17, 15) is 0 Å². The topological polar surface area (TPSA) is 49.7 Å². The predicted molar refractivity (Wildman–Crippen MR) is 36.6 cm³/mol. The minimum Gasteiger partial charge on any atom is -0.393 e. The third-order valence-electron chi connectivity index (χ3n) is 1.57. The summed E-state index contributed by atoms with van der Waals surface area (Å²) in [5, 5.41) is 17.7. The summed E-state index contributed by atoms with van der Waals surface area (Å²) in [4.78, 5) is 0. The number of ether oxygens (including phenoxy) is 1. The standard InChI is InChI=1S/C7H12O3/c1-5-7(9)3-2-6(4-8)10-5/h2-3,5-9H,4H2,1H3. The first-order valence-electron chi connectivity index (χ1n) is 3.36. The van der Waals surface area contributed by atoms with Crippen LogP contribution in [0.5, 0.6) is 0 Å². The van der Waals surface area contributed by atoms with E-state index in [1.54, 1.807) is 19.1 Å². The molecule has 0 fully saturated rings. The highest BCUT2D eigenvalue weighted by molar-refractivity contribution is 5.00. The van der Waals surface area contributed by atoms with Crippen molar-refractivity contribution in [3.63, 3.8) is 0 Å². The highest BCUT2D eigenvalue weighted by Gasteiger charge is 2.20. The largest absolute Gasteiger partial charge is 0.393 e. The van der Waals surface area contributed by atoms with Gasteiger partial charge in [-0.1, -0.05) is 12.2 Å². The molecule has 1 rings (SSSR count). The lowest BCUT2D eigenvalue weighted by Crippen LogP contribution is -2.34. The molecule has 0 saturated heterocycles. The molecule has 3 nitrogen and oxygen atoms in total. The van der Waals surface area contributed by atoms with Gasteiger partial charge in [0.15, 0.2) is 0 Å². The fourth-order valence-corrected chi connectivity index (χ4v) is 0.900. The van der Waals surface area contributed by atoms with E-state index in [1.165, 1.54) is 0 Å². The summed E-state index contributed by atoms with van der Waals surface area (Å²) < 4.78 is 5.16. The first-order chi connectivity index (χ1) is 4.74. The van der Waals surface area contributed by atoms with Gasteiger partial charge in [-0.05, 0) is 6.92 Å². The number of rotatable bonds is 1. The Bertz CT molecular complexity index is 133. The molecule has 3 unspecified atom stereocenters. The molecule has 3 heteroatoms. The fourth-order valence-electron chi connectivity index (χ4n) is 0.900. The first kappa shape index (κ1) is 7.72. The van der Waals surface area contributed by atoms with Gasteiger partial charge in [-0.3, -0.25) is 0 Å². The average Bonchev–Trinajstić information content (AvgIpc) is 1.95. The van der Waals surface area contributed by atoms with Gasteiger partial charge in [0.25, 0.3) is 0 Å². The maximum absolute atomic E-state index is 9.10. The van der Waals surface area contributed by atoms with E-state index in [0.717, 1.165) is 0 Å². The smallest absolute Gasteiger partial charge is 0.0992 e. The van der Waals surface area contributed by atoms with Crippen LogP contribution in [0, 0.1) is 0 Å². The lowest BCUT2D eigenvalue weighted by Gasteiger charge is -2.25. The number of aliphatic hydroxyl groups is 2. The van der Waals surface area contributed by atoms with E-state index in [2.05, 4.69) is 0 Å². The van der Waals surface area contributed by atoms with Crippen LogP contribution in [0.4, 0.5) is 0 Å². The fraction of sp³-hybridized carbons (Fsp3) is 0.714. The second kappa shape index (κ2) is 3.14. The molecule has 0 bridgehead atoms. The van der Waals surface area contributed by atoms with E-state index < -0.39 is 6.10 Å². The minimum absolute atomic E-state index is 0.0203. The number of hydrogen-bond donors (Lipinski definition) is 2. The summed E-state index contributed by atoms with van der Waals surface area (Å²) in [7, 11) is 0. The van der Waals surface area contributed by atoms with Crippen molar-refractivity contribution in [2.75, 3.05) is 6.61 Å². The van der Waals surface area contributed by atoms with Crippen LogP contribution in [-0.4, -0.2) is 35.1 Å². The molecule has 0 saturated carbocycles. The third kappa shape index (κ3) is 1.56. The quantitative estimate of drug-likeness (QED) is 0.496. The Morgan fingerprint density at radius 3 is 2.70 bits per heavy atom. The molecule has 3 atom stereocenters. The molecular formula is C7H12O3. The Morgan fingerprint density at radius 2 is 2.20 bits per heavy atom. The maximum atomic E-state index is 9.10. The molecule has 0 spiro atoms. The van der Waals surface area contributed by atoms with Crippen molar-refractivity contribution in [1.82, 2.24) is 0 Å². The van der Waals surface area contributed by atoms with Crippen molar-refractivity contribution in [3.05, 3.63) is 12.2 Å². The molecule has 10 heavy (non-hydrogen) atoms. The Balaban J connectivity index is 2.51. The van der Waals surface area contributed by atoms with Gasteiger partial charge in [-0.25, -0.2) is 0 Å². The normalized spacial score (nSPS) is 40.1. The highest BCUT2D eigenvalue weighted by atomic mass is 16.5. The minimum atomic E-state index is -0.525. The molecule has 0 aromatic heterocycles. The van der Waals surface area contributed by atoms with Crippen LogP contribution in [0.3, 0.4) is 0 Å². The van der Waals surface area contributed by atoms with E-state index in [0.29, 0.717) is 0 Å². The van der Waals surface area contributed by atoms with Crippen LogP contribution in [-0.2, 0) is 4.74 Å². The Morgan fingerprint density at radius 1 is 1.50 bits per heavy atom. The highest BCUT2D eigenvalue weighted by Crippen LogP contribution is 2.11. The molecule has 0 aliphatic carbocycles. The second-order valence-corrected chi connectivity index (χ2v) is 2.44. The Hall–Kier alpha value is -0.380. The molecule has 0 amide bonds. The van der Waals surface area contributed by atoms with Crippen LogP contribution in [0.1, 0.15) is 6.92 Å². The predicted octanol–water partition coefficient (Wildman–Crippen LogP) is -0.317. The van der Waals surface area contributed by atoms with E-state index >= 15 is 0 Å². The van der Waals surface area contributed by atoms with Gasteiger partial charge in [0.2, 0.25) is 0 Å². The van der Waals surface area contributed by atoms with E-state index in [-0.39, 0.29) is 18.8 Å². The Labute approximate surface area is 59.9 Å². The maximum Gasteiger partial charge on any atom is 0.0992 e. The average molecular weight is 144 g/mol. The van der Waals surface area contributed by atoms with Crippen molar-refractivity contribution >= 4 is 0 Å². The molecule has 1 heterocycles. The second-order valence-electron chi connectivity index (χ2n) is 2.44. The third-order valence-corrected chi connectivity index (χ3v) is 1.57. The molecule has 2 N–H and O–H groups in total. The zero-order valence-corrected chi connectivity index (χ0v) is 5.90. The van der Waals surface area contributed by atoms with Gasteiger partial charge in [-0.2, -0.15) is 0 Å². The summed E-state index contributed by atoms with van der Waals surface area (Å²) in [6, 6.07) is 0. The number of hydrogen-bond acceptors (Lipinski definition) is 3. The Kier molecular flexibility index (Phi) is 2.43. The molecule has 0 aromatic rings. The molecule has 1 aliphatic rings. The molecule has 0 radical (unpaired) electrons. The van der Waals surface area contributed by atoms with Gasteiger partial charge >= 0.3 is 0 Å². The molecule has 58 valence electrons. The van der Waals surface area contributed by atoms with Crippen molar-refractivity contribution in [2.45, 2.75) is 25.2 Å². The monoisotopic (exact) mass is 144 g/mol. The molecule has 1 aliphatic heterocycles. The summed E-state index contributed by atoms with van der Waals surface area (Å²) in [6.45, 7) is 1.75. The molecule has 0 aromatic carbocycles. The van der Waals surface area contributed by atoms with Crippen LogP contribution >= 0.6 is 0 Å². The van der Waals surface area contributed by atoms with Gasteiger partial charge < -0.3 is 14.9 Å². The SMILES string of the molecule is CC1OC(CO)C=CC1O. The summed E-state index contributed by atoms with van der Waals surface area (Å²) in [6.07, 6.45) is 2.35. The zero-order chi connectivity index (χ0) is 7.56. The van der Waals surface area contributed by atoms with Gasteiger partial charge in [0.1, 0.15) is 0 Å². The van der Waals surface area contributed by atoms with Crippen molar-refractivity contribution < 1.29 is 14.9 Å². The van der Waals surface area contributed by atoms with Gasteiger partial charge in [0, 0.05) is 0 Å².